The SMILES string of the molecule is CCO[Si](CCCOC(=O)C=CS)(OCC)OCC. The second-order valence-corrected chi connectivity index (χ2v) is 6.60. The van der Waals surface area contributed by atoms with E-state index in [1.807, 2.05) is 20.8 Å². The molecular formula is C12H24O5SSi. The maximum atomic E-state index is 11.1. The third kappa shape index (κ3) is 8.43. The zero-order valence-electron chi connectivity index (χ0n) is 11.9. The van der Waals surface area contributed by atoms with Gasteiger partial charge in [0.1, 0.15) is 0 Å². The van der Waals surface area contributed by atoms with E-state index in [4.69, 9.17) is 18.0 Å². The molecule has 0 fully saturated rings. The summed E-state index contributed by atoms with van der Waals surface area (Å²) < 4.78 is 22.1. The molecule has 112 valence electrons. The first-order valence-corrected chi connectivity index (χ1v) is 8.98. The molecule has 7 heteroatoms. The zero-order valence-corrected chi connectivity index (χ0v) is 13.8. The standard InChI is InChI=1S/C12H24O5SSi/c1-4-15-19(16-5-2,17-6-3)11-7-9-14-12(13)8-10-18/h8,10,18H,4-7,9,11H2,1-3H3. The largest absolute Gasteiger partial charge is 0.501 e. The Hall–Kier alpha value is -0.343. The van der Waals surface area contributed by atoms with Crippen LogP contribution in [0, 0.1) is 0 Å². The summed E-state index contributed by atoms with van der Waals surface area (Å²) in [6, 6.07) is 0.639. The number of ether oxygens (including phenoxy) is 1. The highest BCUT2D eigenvalue weighted by Crippen LogP contribution is 2.18. The van der Waals surface area contributed by atoms with Crippen LogP contribution < -0.4 is 0 Å². The van der Waals surface area contributed by atoms with Crippen LogP contribution in [0.15, 0.2) is 11.5 Å². The lowest BCUT2D eigenvalue weighted by atomic mass is 10.5. The molecule has 0 radical (unpaired) electrons. The number of hydrogen-bond donors (Lipinski definition) is 1. The lowest BCUT2D eigenvalue weighted by Crippen LogP contribution is -2.46. The van der Waals surface area contributed by atoms with Gasteiger partial charge < -0.3 is 18.0 Å². The summed E-state index contributed by atoms with van der Waals surface area (Å²) in [5, 5.41) is 1.35. The second-order valence-electron chi connectivity index (χ2n) is 3.57. The van der Waals surface area contributed by atoms with E-state index in [0.29, 0.717) is 38.9 Å². The molecule has 0 aromatic rings. The molecule has 0 spiro atoms. The molecule has 0 aliphatic heterocycles. The van der Waals surface area contributed by atoms with Crippen molar-refractivity contribution in [1.29, 1.82) is 0 Å². The maximum absolute atomic E-state index is 11.1. The lowest BCUT2D eigenvalue weighted by Gasteiger charge is -2.28. The van der Waals surface area contributed by atoms with Gasteiger partial charge in [0.05, 0.1) is 6.61 Å². The minimum atomic E-state index is -2.61. The average Bonchev–Trinajstić information content (AvgIpc) is 2.36. The molecule has 0 aliphatic carbocycles. The highest BCUT2D eigenvalue weighted by atomic mass is 32.1. The van der Waals surface area contributed by atoms with Crippen LogP contribution in [0.5, 0.6) is 0 Å². The fourth-order valence-electron chi connectivity index (χ4n) is 1.57. The van der Waals surface area contributed by atoms with Gasteiger partial charge in [0.25, 0.3) is 0 Å². The van der Waals surface area contributed by atoms with Gasteiger partial charge in [-0.25, -0.2) is 4.79 Å². The van der Waals surface area contributed by atoms with Crippen molar-refractivity contribution in [3.8, 4) is 0 Å². The number of esters is 1. The topological polar surface area (TPSA) is 54.0 Å². The van der Waals surface area contributed by atoms with E-state index in [0.717, 1.165) is 0 Å². The van der Waals surface area contributed by atoms with E-state index in [-0.39, 0.29) is 0 Å². The van der Waals surface area contributed by atoms with Crippen molar-refractivity contribution < 1.29 is 22.8 Å². The first kappa shape index (κ1) is 18.7. The van der Waals surface area contributed by atoms with E-state index in [9.17, 15) is 4.79 Å². The molecule has 0 aromatic heterocycles. The predicted octanol–water partition coefficient (Wildman–Crippen LogP) is 2.41. The molecule has 0 bridgehead atoms. The van der Waals surface area contributed by atoms with Crippen LogP contribution in [0.3, 0.4) is 0 Å². The lowest BCUT2D eigenvalue weighted by molar-refractivity contribution is -0.137. The Morgan fingerprint density at radius 2 is 1.63 bits per heavy atom. The molecule has 0 saturated carbocycles. The number of carbonyl (C=O) groups excluding carboxylic acids is 1. The number of hydrogen-bond acceptors (Lipinski definition) is 6. The fraction of sp³-hybridized carbons (Fsp3) is 0.750. The fourth-order valence-corrected chi connectivity index (χ4v) is 4.27. The molecule has 0 rings (SSSR count). The summed E-state index contributed by atoms with van der Waals surface area (Å²) in [5.74, 6) is -0.397. The van der Waals surface area contributed by atoms with Gasteiger partial charge >= 0.3 is 14.8 Å². The Balaban J connectivity index is 4.20. The van der Waals surface area contributed by atoms with E-state index < -0.39 is 14.8 Å². The molecule has 5 nitrogen and oxygen atoms in total. The Labute approximate surface area is 122 Å². The highest BCUT2D eigenvalue weighted by molar-refractivity contribution is 7.83. The zero-order chi connectivity index (χ0) is 14.6. The first-order valence-electron chi connectivity index (χ1n) is 6.53. The van der Waals surface area contributed by atoms with Crippen LogP contribution in [0.2, 0.25) is 6.04 Å². The summed E-state index contributed by atoms with van der Waals surface area (Å²) in [5.41, 5.74) is 0. The first-order chi connectivity index (χ1) is 9.14. The Bertz CT molecular complexity index is 256. The Morgan fingerprint density at radius 3 is 2.05 bits per heavy atom. The van der Waals surface area contributed by atoms with Crippen LogP contribution >= 0.6 is 12.6 Å². The van der Waals surface area contributed by atoms with Crippen molar-refractivity contribution >= 4 is 27.4 Å². The van der Waals surface area contributed by atoms with Crippen molar-refractivity contribution in [1.82, 2.24) is 0 Å². The Kier molecular flexibility index (Phi) is 11.3. The molecule has 0 aromatic carbocycles. The third-order valence-corrected chi connectivity index (χ3v) is 5.48. The molecular weight excluding hydrogens is 284 g/mol. The van der Waals surface area contributed by atoms with E-state index in [2.05, 4.69) is 12.6 Å². The summed E-state index contributed by atoms with van der Waals surface area (Å²) in [7, 11) is -2.61. The van der Waals surface area contributed by atoms with Crippen molar-refractivity contribution in [3.05, 3.63) is 11.5 Å². The molecule has 0 aliphatic rings. The van der Waals surface area contributed by atoms with Gasteiger partial charge in [-0.2, -0.15) is 12.6 Å². The molecule has 0 amide bonds. The van der Waals surface area contributed by atoms with Gasteiger partial charge in [-0.3, -0.25) is 0 Å². The molecule has 0 heterocycles. The third-order valence-electron chi connectivity index (χ3n) is 2.17. The summed E-state index contributed by atoms with van der Waals surface area (Å²) >= 11 is 3.80. The average molecular weight is 308 g/mol. The van der Waals surface area contributed by atoms with Crippen LogP contribution in [0.4, 0.5) is 0 Å². The van der Waals surface area contributed by atoms with Crippen molar-refractivity contribution in [3.63, 3.8) is 0 Å². The molecule has 0 unspecified atom stereocenters. The van der Waals surface area contributed by atoms with E-state index in [1.54, 1.807) is 0 Å². The van der Waals surface area contributed by atoms with Crippen molar-refractivity contribution in [2.45, 2.75) is 33.2 Å². The summed E-state index contributed by atoms with van der Waals surface area (Å²) in [4.78, 5) is 11.1. The van der Waals surface area contributed by atoms with Gasteiger partial charge in [-0.1, -0.05) is 0 Å². The summed E-state index contributed by atoms with van der Waals surface area (Å²) in [6.07, 6.45) is 1.92. The van der Waals surface area contributed by atoms with Crippen molar-refractivity contribution in [2.24, 2.45) is 0 Å². The van der Waals surface area contributed by atoms with Crippen molar-refractivity contribution in [2.75, 3.05) is 26.4 Å². The minimum Gasteiger partial charge on any atom is -0.463 e. The van der Waals surface area contributed by atoms with E-state index >= 15 is 0 Å². The quantitative estimate of drug-likeness (QED) is 0.209. The second kappa shape index (κ2) is 11.5. The smallest absolute Gasteiger partial charge is 0.463 e. The normalized spacial score (nSPS) is 12.0. The molecule has 0 saturated heterocycles. The van der Waals surface area contributed by atoms with Gasteiger partial charge in [0.2, 0.25) is 0 Å². The predicted molar refractivity (Wildman–Crippen MR) is 79.1 cm³/mol. The molecule has 19 heavy (non-hydrogen) atoms. The van der Waals surface area contributed by atoms with Gasteiger partial charge in [-0.15, -0.1) is 0 Å². The van der Waals surface area contributed by atoms with Crippen LogP contribution in [0.1, 0.15) is 27.2 Å². The van der Waals surface area contributed by atoms with E-state index in [1.165, 1.54) is 11.5 Å². The van der Waals surface area contributed by atoms with Crippen LogP contribution in [0.25, 0.3) is 0 Å². The van der Waals surface area contributed by atoms with Crippen LogP contribution in [-0.2, 0) is 22.8 Å². The number of thiol groups is 1. The maximum Gasteiger partial charge on any atom is 0.501 e. The van der Waals surface area contributed by atoms with Gasteiger partial charge in [0.15, 0.2) is 0 Å². The molecule has 0 atom stereocenters. The Morgan fingerprint density at radius 1 is 1.11 bits per heavy atom. The molecule has 0 N–H and O–H groups in total. The summed E-state index contributed by atoms with van der Waals surface area (Å²) in [6.45, 7) is 7.71. The van der Waals surface area contributed by atoms with Gasteiger partial charge in [0, 0.05) is 31.9 Å². The number of rotatable bonds is 11. The highest BCUT2D eigenvalue weighted by Gasteiger charge is 2.39. The minimum absolute atomic E-state index is 0.318. The number of carbonyl (C=O) groups is 1. The van der Waals surface area contributed by atoms with Crippen LogP contribution in [-0.4, -0.2) is 41.2 Å². The van der Waals surface area contributed by atoms with Gasteiger partial charge in [-0.05, 0) is 32.6 Å². The monoisotopic (exact) mass is 308 g/mol.